The molecule has 1 atom stereocenters. The highest BCUT2D eigenvalue weighted by Gasteiger charge is 2.57. The summed E-state index contributed by atoms with van der Waals surface area (Å²) in [5.74, 6) is -5.40. The van der Waals surface area contributed by atoms with E-state index in [2.05, 4.69) is 10.1 Å². The van der Waals surface area contributed by atoms with Gasteiger partial charge in [-0.3, -0.25) is 4.79 Å². The molecule has 1 aromatic carbocycles. The van der Waals surface area contributed by atoms with E-state index in [0.29, 0.717) is 6.54 Å². The Kier molecular flexibility index (Phi) is 7.60. The van der Waals surface area contributed by atoms with Gasteiger partial charge < -0.3 is 15.0 Å². The molecule has 0 bridgehead atoms. The number of para-hydroxylation sites is 1. The third-order valence-corrected chi connectivity index (χ3v) is 3.59. The standard InChI is InChI=1S/C16H21F5N2O2/c1-12(23(2)13-6-4-3-5-7-13)10-22-14(24)8-9-25-11-15(17,18)16(19,20)21/h3-7,12H,8-11H2,1-2H3,(H,22,24). The Morgan fingerprint density at radius 3 is 2.36 bits per heavy atom. The monoisotopic (exact) mass is 368 g/mol. The Morgan fingerprint density at radius 2 is 1.80 bits per heavy atom. The van der Waals surface area contributed by atoms with Gasteiger partial charge in [0.1, 0.15) is 6.61 Å². The van der Waals surface area contributed by atoms with Crippen molar-refractivity contribution < 1.29 is 31.5 Å². The van der Waals surface area contributed by atoms with Crippen LogP contribution >= 0.6 is 0 Å². The van der Waals surface area contributed by atoms with Gasteiger partial charge in [-0.25, -0.2) is 0 Å². The molecule has 1 amide bonds. The molecule has 1 aromatic rings. The average molecular weight is 368 g/mol. The largest absolute Gasteiger partial charge is 0.455 e. The zero-order chi connectivity index (χ0) is 19.1. The van der Waals surface area contributed by atoms with E-state index in [1.54, 1.807) is 0 Å². The van der Waals surface area contributed by atoms with Crippen molar-refractivity contribution in [2.75, 3.05) is 31.7 Å². The highest BCUT2D eigenvalue weighted by molar-refractivity contribution is 5.76. The Balaban J connectivity index is 2.27. The van der Waals surface area contributed by atoms with Gasteiger partial charge >= 0.3 is 12.1 Å². The second-order valence-corrected chi connectivity index (χ2v) is 5.60. The Hall–Kier alpha value is -1.90. The molecule has 0 spiro atoms. The van der Waals surface area contributed by atoms with Gasteiger partial charge in [0.05, 0.1) is 6.61 Å². The van der Waals surface area contributed by atoms with Gasteiger partial charge in [-0.05, 0) is 19.1 Å². The molecule has 9 heteroatoms. The number of hydrogen-bond acceptors (Lipinski definition) is 3. The topological polar surface area (TPSA) is 41.6 Å². The molecule has 0 fully saturated rings. The van der Waals surface area contributed by atoms with Crippen molar-refractivity contribution in [3.8, 4) is 0 Å². The number of nitrogens with zero attached hydrogens (tertiary/aromatic N) is 1. The lowest BCUT2D eigenvalue weighted by atomic mass is 10.2. The van der Waals surface area contributed by atoms with E-state index in [4.69, 9.17) is 0 Å². The Bertz CT molecular complexity index is 537. The smallest absolute Gasteiger partial charge is 0.374 e. The molecule has 0 aliphatic carbocycles. The third kappa shape index (κ3) is 6.85. The second-order valence-electron chi connectivity index (χ2n) is 5.60. The van der Waals surface area contributed by atoms with Crippen LogP contribution in [0.4, 0.5) is 27.6 Å². The van der Waals surface area contributed by atoms with Gasteiger partial charge in [0.25, 0.3) is 0 Å². The molecular formula is C16H21F5N2O2. The van der Waals surface area contributed by atoms with Gasteiger partial charge in [-0.1, -0.05) is 18.2 Å². The molecule has 0 aromatic heterocycles. The van der Waals surface area contributed by atoms with Crippen LogP contribution in [0.5, 0.6) is 0 Å². The van der Waals surface area contributed by atoms with Crippen LogP contribution in [0.15, 0.2) is 30.3 Å². The van der Waals surface area contributed by atoms with E-state index in [0.717, 1.165) is 5.69 Å². The molecule has 1 rings (SSSR count). The van der Waals surface area contributed by atoms with E-state index < -0.39 is 31.2 Å². The first-order valence-electron chi connectivity index (χ1n) is 7.61. The predicted octanol–water partition coefficient (Wildman–Crippen LogP) is 3.23. The first kappa shape index (κ1) is 21.1. The lowest BCUT2D eigenvalue weighted by Crippen LogP contribution is -2.41. The van der Waals surface area contributed by atoms with E-state index in [9.17, 15) is 26.7 Å². The van der Waals surface area contributed by atoms with Gasteiger partial charge in [-0.15, -0.1) is 0 Å². The molecule has 0 aliphatic rings. The van der Waals surface area contributed by atoms with Gasteiger partial charge in [0.2, 0.25) is 5.91 Å². The molecule has 4 nitrogen and oxygen atoms in total. The number of ether oxygens (including phenoxy) is 1. The van der Waals surface area contributed by atoms with Crippen molar-refractivity contribution in [2.24, 2.45) is 0 Å². The molecule has 25 heavy (non-hydrogen) atoms. The number of carbonyl (C=O) groups is 1. The first-order valence-corrected chi connectivity index (χ1v) is 7.61. The van der Waals surface area contributed by atoms with Crippen LogP contribution in [-0.2, 0) is 9.53 Å². The van der Waals surface area contributed by atoms with Crippen LogP contribution in [0, 0.1) is 0 Å². The van der Waals surface area contributed by atoms with Crippen LogP contribution in [0.25, 0.3) is 0 Å². The number of halogens is 5. The molecule has 0 saturated carbocycles. The van der Waals surface area contributed by atoms with E-state index in [1.165, 1.54) is 0 Å². The van der Waals surface area contributed by atoms with Crippen molar-refractivity contribution in [1.29, 1.82) is 0 Å². The summed E-state index contributed by atoms with van der Waals surface area (Å²) < 4.78 is 65.3. The molecule has 0 radical (unpaired) electrons. The maximum Gasteiger partial charge on any atom is 0.455 e. The van der Waals surface area contributed by atoms with E-state index in [-0.39, 0.29) is 12.5 Å². The van der Waals surface area contributed by atoms with Gasteiger partial charge in [0.15, 0.2) is 0 Å². The molecule has 1 N–H and O–H groups in total. The fourth-order valence-corrected chi connectivity index (χ4v) is 1.85. The quantitative estimate of drug-likeness (QED) is 0.538. The Labute approximate surface area is 142 Å². The molecule has 142 valence electrons. The second kappa shape index (κ2) is 8.98. The maximum absolute atomic E-state index is 12.6. The number of hydrogen-bond donors (Lipinski definition) is 1. The summed E-state index contributed by atoms with van der Waals surface area (Å²) in [5.41, 5.74) is 0.960. The average Bonchev–Trinajstić information content (AvgIpc) is 2.55. The van der Waals surface area contributed by atoms with Crippen molar-refractivity contribution in [3.63, 3.8) is 0 Å². The number of nitrogens with one attached hydrogen (secondary N) is 1. The third-order valence-electron chi connectivity index (χ3n) is 3.59. The van der Waals surface area contributed by atoms with Crippen LogP contribution in [-0.4, -0.2) is 50.9 Å². The van der Waals surface area contributed by atoms with Gasteiger partial charge in [-0.2, -0.15) is 22.0 Å². The van der Waals surface area contributed by atoms with Crippen molar-refractivity contribution >= 4 is 11.6 Å². The van der Waals surface area contributed by atoms with E-state index in [1.807, 2.05) is 49.2 Å². The number of benzene rings is 1. The number of anilines is 1. The highest BCUT2D eigenvalue weighted by Crippen LogP contribution is 2.35. The van der Waals surface area contributed by atoms with Gasteiger partial charge in [0, 0.05) is 31.7 Å². The zero-order valence-electron chi connectivity index (χ0n) is 13.9. The maximum atomic E-state index is 12.6. The predicted molar refractivity (Wildman–Crippen MR) is 83.8 cm³/mol. The molecule has 0 saturated heterocycles. The molecule has 0 heterocycles. The number of likely N-dealkylation sites (N-methyl/N-ethyl adjacent to an activating group) is 1. The van der Waals surface area contributed by atoms with Crippen LogP contribution in [0.1, 0.15) is 13.3 Å². The minimum absolute atomic E-state index is 0.0400. The summed E-state index contributed by atoms with van der Waals surface area (Å²) in [7, 11) is 1.86. The van der Waals surface area contributed by atoms with Crippen molar-refractivity contribution in [3.05, 3.63) is 30.3 Å². The summed E-state index contributed by atoms with van der Waals surface area (Å²) in [6, 6.07) is 9.42. The summed E-state index contributed by atoms with van der Waals surface area (Å²) in [5, 5.41) is 2.59. The minimum atomic E-state index is -5.66. The first-order chi connectivity index (χ1) is 11.5. The fourth-order valence-electron chi connectivity index (χ4n) is 1.85. The summed E-state index contributed by atoms with van der Waals surface area (Å²) in [4.78, 5) is 13.6. The Morgan fingerprint density at radius 1 is 1.20 bits per heavy atom. The summed E-state index contributed by atoms with van der Waals surface area (Å²) in [6.07, 6.45) is -5.96. The van der Waals surface area contributed by atoms with Crippen molar-refractivity contribution in [1.82, 2.24) is 5.32 Å². The number of amides is 1. The summed E-state index contributed by atoms with van der Waals surface area (Å²) >= 11 is 0. The van der Waals surface area contributed by atoms with E-state index >= 15 is 0 Å². The van der Waals surface area contributed by atoms with Crippen molar-refractivity contribution in [2.45, 2.75) is 31.5 Å². The normalized spacial score (nSPS) is 13.4. The lowest BCUT2D eigenvalue weighted by Gasteiger charge is -2.27. The summed E-state index contributed by atoms with van der Waals surface area (Å²) in [6.45, 7) is -0.131. The van der Waals surface area contributed by atoms with Crippen LogP contribution in [0.3, 0.4) is 0 Å². The number of carbonyl (C=O) groups excluding carboxylic acids is 1. The SMILES string of the molecule is CC(CNC(=O)CCOCC(F)(F)C(F)(F)F)N(C)c1ccccc1. The lowest BCUT2D eigenvalue weighted by molar-refractivity contribution is -0.296. The molecular weight excluding hydrogens is 347 g/mol. The fraction of sp³-hybridized carbons (Fsp3) is 0.562. The van der Waals surface area contributed by atoms with Crippen LogP contribution < -0.4 is 10.2 Å². The number of rotatable bonds is 9. The number of alkyl halides is 5. The minimum Gasteiger partial charge on any atom is -0.374 e. The molecule has 1 unspecified atom stereocenters. The molecule has 0 aliphatic heterocycles. The zero-order valence-corrected chi connectivity index (χ0v) is 13.9. The highest BCUT2D eigenvalue weighted by atomic mass is 19.4. The van der Waals surface area contributed by atoms with Crippen LogP contribution in [0.2, 0.25) is 0 Å².